The molecule has 0 unspecified atom stereocenters. The minimum Gasteiger partial charge on any atom is -0.347 e. The Morgan fingerprint density at radius 2 is 2.13 bits per heavy atom. The summed E-state index contributed by atoms with van der Waals surface area (Å²) in [5, 5.41) is 2.82. The topological polar surface area (TPSA) is 67.2 Å². The third-order valence-electron chi connectivity index (χ3n) is 4.16. The maximum atomic E-state index is 12.6. The Bertz CT molecular complexity index is 696. The van der Waals surface area contributed by atoms with Crippen LogP contribution in [0.5, 0.6) is 0 Å². The number of likely N-dealkylation sites (tertiary alicyclic amines) is 1. The number of piperidine rings is 1. The van der Waals surface area contributed by atoms with Crippen molar-refractivity contribution in [1.82, 2.24) is 14.5 Å². The van der Waals surface area contributed by atoms with Crippen LogP contribution in [0.15, 0.2) is 42.7 Å². The Kier molecular flexibility index (Phi) is 4.41. The van der Waals surface area contributed by atoms with E-state index in [1.807, 2.05) is 25.4 Å². The van der Waals surface area contributed by atoms with E-state index in [4.69, 9.17) is 0 Å². The van der Waals surface area contributed by atoms with E-state index >= 15 is 0 Å². The molecule has 6 heteroatoms. The van der Waals surface area contributed by atoms with Crippen LogP contribution in [0.1, 0.15) is 23.3 Å². The lowest BCUT2D eigenvalue weighted by molar-refractivity contribution is -0.121. The van der Waals surface area contributed by atoms with Crippen LogP contribution in [0.4, 0.5) is 5.82 Å². The van der Waals surface area contributed by atoms with Gasteiger partial charge in [0.1, 0.15) is 11.5 Å². The highest BCUT2D eigenvalue weighted by Crippen LogP contribution is 2.20. The summed E-state index contributed by atoms with van der Waals surface area (Å²) in [4.78, 5) is 30.8. The fraction of sp³-hybridized carbons (Fsp3) is 0.353. The molecule has 1 saturated heterocycles. The first kappa shape index (κ1) is 15.3. The van der Waals surface area contributed by atoms with Crippen LogP contribution in [-0.2, 0) is 11.8 Å². The van der Waals surface area contributed by atoms with Crippen LogP contribution in [-0.4, -0.2) is 39.4 Å². The molecule has 2 aromatic heterocycles. The maximum absolute atomic E-state index is 12.6. The lowest BCUT2D eigenvalue weighted by Crippen LogP contribution is -2.44. The van der Waals surface area contributed by atoms with E-state index in [2.05, 4.69) is 10.3 Å². The smallest absolute Gasteiger partial charge is 0.270 e. The molecule has 0 bridgehead atoms. The predicted molar refractivity (Wildman–Crippen MR) is 86.9 cm³/mol. The zero-order valence-corrected chi connectivity index (χ0v) is 13.1. The highest BCUT2D eigenvalue weighted by molar-refractivity contribution is 5.95. The van der Waals surface area contributed by atoms with Gasteiger partial charge in [-0.1, -0.05) is 6.07 Å². The van der Waals surface area contributed by atoms with Crippen LogP contribution in [0.25, 0.3) is 0 Å². The summed E-state index contributed by atoms with van der Waals surface area (Å²) in [7, 11) is 1.85. The number of pyridine rings is 1. The van der Waals surface area contributed by atoms with Crippen molar-refractivity contribution in [2.45, 2.75) is 12.8 Å². The number of nitrogens with zero attached hydrogens (tertiary/aromatic N) is 3. The van der Waals surface area contributed by atoms with Crippen molar-refractivity contribution < 1.29 is 9.59 Å². The number of amides is 2. The van der Waals surface area contributed by atoms with Crippen molar-refractivity contribution in [3.8, 4) is 0 Å². The number of rotatable bonds is 3. The lowest BCUT2D eigenvalue weighted by atomic mass is 9.97. The highest BCUT2D eigenvalue weighted by Gasteiger charge is 2.29. The Labute approximate surface area is 135 Å². The first-order chi connectivity index (χ1) is 11.1. The van der Waals surface area contributed by atoms with Crippen LogP contribution >= 0.6 is 0 Å². The zero-order chi connectivity index (χ0) is 16.2. The van der Waals surface area contributed by atoms with E-state index in [0.29, 0.717) is 24.6 Å². The standard InChI is InChI=1S/C17H20N4O2/c1-20-10-5-7-14(20)17(23)21-11-4-6-13(12-21)16(22)19-15-8-2-3-9-18-15/h2-3,5,7-10,13H,4,6,11-12H2,1H3,(H,18,19,22)/t13-/m1/s1. The van der Waals surface area contributed by atoms with E-state index < -0.39 is 0 Å². The SMILES string of the molecule is Cn1cccc1C(=O)N1CCC[C@@H](C(=O)Nc2ccccn2)C1. The number of nitrogens with one attached hydrogen (secondary N) is 1. The molecule has 1 atom stereocenters. The number of hydrogen-bond acceptors (Lipinski definition) is 3. The summed E-state index contributed by atoms with van der Waals surface area (Å²) >= 11 is 0. The minimum atomic E-state index is -0.199. The summed E-state index contributed by atoms with van der Waals surface area (Å²) in [6.45, 7) is 1.14. The van der Waals surface area contributed by atoms with Crippen LogP contribution in [0.2, 0.25) is 0 Å². The molecule has 0 radical (unpaired) electrons. The van der Waals surface area contributed by atoms with Crippen molar-refractivity contribution >= 4 is 17.6 Å². The predicted octanol–water partition coefficient (Wildman–Crippen LogP) is 1.91. The normalized spacial score (nSPS) is 17.8. The van der Waals surface area contributed by atoms with Crippen molar-refractivity contribution in [2.24, 2.45) is 13.0 Å². The Morgan fingerprint density at radius 3 is 2.83 bits per heavy atom. The second-order valence-electron chi connectivity index (χ2n) is 5.80. The molecule has 1 N–H and O–H groups in total. The number of carbonyl (C=O) groups is 2. The maximum Gasteiger partial charge on any atom is 0.270 e. The van der Waals surface area contributed by atoms with Crippen molar-refractivity contribution in [3.63, 3.8) is 0 Å². The molecular weight excluding hydrogens is 292 g/mol. The number of aromatic nitrogens is 2. The van der Waals surface area contributed by atoms with Gasteiger partial charge >= 0.3 is 0 Å². The summed E-state index contributed by atoms with van der Waals surface area (Å²) < 4.78 is 1.81. The summed E-state index contributed by atoms with van der Waals surface area (Å²) in [6.07, 6.45) is 5.11. The fourth-order valence-electron chi connectivity index (χ4n) is 2.89. The van der Waals surface area contributed by atoms with Gasteiger partial charge in [-0.25, -0.2) is 4.98 Å². The van der Waals surface area contributed by atoms with E-state index in [-0.39, 0.29) is 17.7 Å². The average Bonchev–Trinajstić information content (AvgIpc) is 3.01. The third kappa shape index (κ3) is 3.41. The average molecular weight is 312 g/mol. The molecule has 3 rings (SSSR count). The molecule has 0 aliphatic carbocycles. The Balaban J connectivity index is 1.65. The Morgan fingerprint density at radius 1 is 1.26 bits per heavy atom. The monoisotopic (exact) mass is 312 g/mol. The number of aryl methyl sites for hydroxylation is 1. The van der Waals surface area contributed by atoms with E-state index in [1.165, 1.54) is 0 Å². The number of anilines is 1. The molecular formula is C17H20N4O2. The fourth-order valence-corrected chi connectivity index (χ4v) is 2.89. The third-order valence-corrected chi connectivity index (χ3v) is 4.16. The second kappa shape index (κ2) is 6.64. The molecule has 3 heterocycles. The second-order valence-corrected chi connectivity index (χ2v) is 5.80. The van der Waals surface area contributed by atoms with E-state index in [0.717, 1.165) is 12.8 Å². The number of hydrogen-bond donors (Lipinski definition) is 1. The molecule has 6 nitrogen and oxygen atoms in total. The molecule has 2 amide bonds. The molecule has 2 aromatic rings. The summed E-state index contributed by atoms with van der Waals surface area (Å²) in [6, 6.07) is 9.04. The molecule has 1 aliphatic rings. The van der Waals surface area contributed by atoms with Crippen molar-refractivity contribution in [2.75, 3.05) is 18.4 Å². The van der Waals surface area contributed by atoms with Gasteiger partial charge in [-0.3, -0.25) is 9.59 Å². The van der Waals surface area contributed by atoms with Crippen LogP contribution < -0.4 is 5.32 Å². The van der Waals surface area contributed by atoms with Gasteiger partial charge in [0.25, 0.3) is 5.91 Å². The minimum absolute atomic E-state index is 0.0205. The van der Waals surface area contributed by atoms with Gasteiger partial charge in [0.2, 0.25) is 5.91 Å². The largest absolute Gasteiger partial charge is 0.347 e. The molecule has 0 saturated carbocycles. The van der Waals surface area contributed by atoms with Crippen molar-refractivity contribution in [1.29, 1.82) is 0 Å². The molecule has 0 spiro atoms. The van der Waals surface area contributed by atoms with Crippen LogP contribution in [0.3, 0.4) is 0 Å². The van der Waals surface area contributed by atoms with Gasteiger partial charge in [-0.2, -0.15) is 0 Å². The quantitative estimate of drug-likeness (QED) is 0.941. The number of carbonyl (C=O) groups excluding carboxylic acids is 2. The van der Waals surface area contributed by atoms with E-state index in [1.54, 1.807) is 33.9 Å². The molecule has 120 valence electrons. The first-order valence-electron chi connectivity index (χ1n) is 7.77. The highest BCUT2D eigenvalue weighted by atomic mass is 16.2. The van der Waals surface area contributed by atoms with Gasteiger partial charge in [0.05, 0.1) is 5.92 Å². The van der Waals surface area contributed by atoms with Gasteiger partial charge in [0, 0.05) is 32.5 Å². The molecule has 1 aliphatic heterocycles. The molecule has 23 heavy (non-hydrogen) atoms. The van der Waals surface area contributed by atoms with Gasteiger partial charge in [-0.05, 0) is 37.1 Å². The first-order valence-corrected chi connectivity index (χ1v) is 7.77. The van der Waals surface area contributed by atoms with E-state index in [9.17, 15) is 9.59 Å². The Hall–Kier alpha value is -2.63. The van der Waals surface area contributed by atoms with Crippen LogP contribution in [0, 0.1) is 5.92 Å². The lowest BCUT2D eigenvalue weighted by Gasteiger charge is -2.32. The molecule has 0 aromatic carbocycles. The summed E-state index contributed by atoms with van der Waals surface area (Å²) in [5.74, 6) is 0.249. The van der Waals surface area contributed by atoms with Gasteiger partial charge in [0.15, 0.2) is 0 Å². The zero-order valence-electron chi connectivity index (χ0n) is 13.1. The van der Waals surface area contributed by atoms with Gasteiger partial charge in [-0.15, -0.1) is 0 Å². The van der Waals surface area contributed by atoms with Gasteiger partial charge < -0.3 is 14.8 Å². The van der Waals surface area contributed by atoms with Crippen molar-refractivity contribution in [3.05, 3.63) is 48.4 Å². The summed E-state index contributed by atoms with van der Waals surface area (Å²) in [5.41, 5.74) is 0.649. The molecule has 1 fully saturated rings.